The number of aldehydes is 1. The Morgan fingerprint density at radius 2 is 2.33 bits per heavy atom. The van der Waals surface area contributed by atoms with E-state index < -0.39 is 31.7 Å². The molecule has 3 unspecified atom stereocenters. The highest BCUT2D eigenvalue weighted by Gasteiger charge is 2.48. The van der Waals surface area contributed by atoms with E-state index in [1.54, 1.807) is 6.92 Å². The zero-order valence-corrected chi connectivity index (χ0v) is 9.18. The number of carbonyl (C=O) groups excluding carboxylic acids is 2. The average Bonchev–Trinajstić information content (AvgIpc) is 2.83. The van der Waals surface area contributed by atoms with Crippen LogP contribution in [0.1, 0.15) is 13.3 Å². The van der Waals surface area contributed by atoms with Gasteiger partial charge in [0.25, 0.3) is 0 Å². The fourth-order valence-electron chi connectivity index (χ4n) is 1.13. The molecule has 0 spiro atoms. The van der Waals surface area contributed by atoms with Crippen LogP contribution in [0.4, 0.5) is 0 Å². The molecule has 7 heteroatoms. The summed E-state index contributed by atoms with van der Waals surface area (Å²) in [4.78, 5) is 30.3. The molecule has 0 saturated heterocycles. The molecular formula is C8H13O6P. The minimum atomic E-state index is -3.86. The third-order valence-corrected chi connectivity index (χ3v) is 3.14. The van der Waals surface area contributed by atoms with Crippen LogP contribution in [0.2, 0.25) is 0 Å². The van der Waals surface area contributed by atoms with Crippen molar-refractivity contribution in [3.63, 3.8) is 0 Å². The van der Waals surface area contributed by atoms with Crippen molar-refractivity contribution in [2.45, 2.75) is 19.4 Å². The third kappa shape index (κ3) is 3.74. The first-order valence-corrected chi connectivity index (χ1v) is 6.37. The summed E-state index contributed by atoms with van der Waals surface area (Å²) in [6.07, 6.45) is -0.427. The van der Waals surface area contributed by atoms with Crippen molar-refractivity contribution in [1.82, 2.24) is 0 Å². The SMILES string of the molecule is CCOC(=O)C1CC1OP(=O)(O)CC=O. The summed E-state index contributed by atoms with van der Waals surface area (Å²) in [5.74, 6) is -0.884. The quantitative estimate of drug-likeness (QED) is 0.406. The van der Waals surface area contributed by atoms with E-state index >= 15 is 0 Å². The van der Waals surface area contributed by atoms with Crippen LogP contribution in [0.15, 0.2) is 0 Å². The molecule has 0 radical (unpaired) electrons. The second kappa shape index (κ2) is 4.88. The molecule has 1 rings (SSSR count). The highest BCUT2D eigenvalue weighted by atomic mass is 31.2. The monoisotopic (exact) mass is 236 g/mol. The predicted molar refractivity (Wildman–Crippen MR) is 50.4 cm³/mol. The molecule has 1 N–H and O–H groups in total. The minimum absolute atomic E-state index is 0.271. The van der Waals surface area contributed by atoms with Crippen LogP contribution in [0, 0.1) is 5.92 Å². The van der Waals surface area contributed by atoms with Crippen LogP contribution in [0.5, 0.6) is 0 Å². The van der Waals surface area contributed by atoms with Gasteiger partial charge in [-0.05, 0) is 13.3 Å². The Kier molecular flexibility index (Phi) is 4.02. The first-order valence-electron chi connectivity index (χ1n) is 4.60. The Bertz CT molecular complexity index is 302. The van der Waals surface area contributed by atoms with Crippen LogP contribution >= 0.6 is 7.60 Å². The fraction of sp³-hybridized carbons (Fsp3) is 0.750. The van der Waals surface area contributed by atoms with Crippen molar-refractivity contribution >= 4 is 19.9 Å². The van der Waals surface area contributed by atoms with Crippen molar-refractivity contribution < 1.29 is 28.3 Å². The lowest BCUT2D eigenvalue weighted by atomic mass is 10.4. The van der Waals surface area contributed by atoms with Crippen LogP contribution < -0.4 is 0 Å². The Hall–Kier alpha value is -0.710. The first kappa shape index (κ1) is 12.4. The lowest BCUT2D eigenvalue weighted by molar-refractivity contribution is -0.145. The van der Waals surface area contributed by atoms with Gasteiger partial charge < -0.3 is 18.9 Å². The van der Waals surface area contributed by atoms with Crippen molar-refractivity contribution in [2.24, 2.45) is 5.92 Å². The van der Waals surface area contributed by atoms with Gasteiger partial charge in [0.2, 0.25) is 0 Å². The van der Waals surface area contributed by atoms with Gasteiger partial charge in [0.1, 0.15) is 12.4 Å². The maximum absolute atomic E-state index is 11.1. The van der Waals surface area contributed by atoms with E-state index in [0.717, 1.165) is 0 Å². The van der Waals surface area contributed by atoms with E-state index in [0.29, 0.717) is 12.7 Å². The average molecular weight is 236 g/mol. The standard InChI is InChI=1S/C8H13O6P/c1-2-13-8(10)6-5-7(6)14-15(11,12)4-3-9/h3,6-7H,2,4-5H2,1H3,(H,11,12). The summed E-state index contributed by atoms with van der Waals surface area (Å²) < 4.78 is 20.6. The molecule has 0 amide bonds. The summed E-state index contributed by atoms with van der Waals surface area (Å²) in [7, 11) is -3.86. The van der Waals surface area contributed by atoms with E-state index in [4.69, 9.17) is 14.2 Å². The van der Waals surface area contributed by atoms with E-state index in [1.165, 1.54) is 0 Å². The maximum atomic E-state index is 11.1. The van der Waals surface area contributed by atoms with E-state index in [9.17, 15) is 14.2 Å². The van der Waals surface area contributed by atoms with Gasteiger partial charge in [-0.1, -0.05) is 0 Å². The van der Waals surface area contributed by atoms with Gasteiger partial charge in [0, 0.05) is 0 Å². The lowest BCUT2D eigenvalue weighted by Gasteiger charge is -2.08. The molecule has 0 aliphatic heterocycles. The predicted octanol–water partition coefficient (Wildman–Crippen LogP) is 0.339. The number of esters is 1. The Morgan fingerprint density at radius 3 is 2.87 bits per heavy atom. The number of hydrogen-bond donors (Lipinski definition) is 1. The summed E-state index contributed by atoms with van der Waals surface area (Å²) in [6.45, 7) is 1.95. The van der Waals surface area contributed by atoms with Gasteiger partial charge in [0.05, 0.1) is 18.6 Å². The zero-order chi connectivity index (χ0) is 11.5. The van der Waals surface area contributed by atoms with E-state index in [2.05, 4.69) is 0 Å². The van der Waals surface area contributed by atoms with Crippen molar-refractivity contribution in [1.29, 1.82) is 0 Å². The highest BCUT2D eigenvalue weighted by molar-refractivity contribution is 7.53. The van der Waals surface area contributed by atoms with E-state index in [1.807, 2.05) is 0 Å². The minimum Gasteiger partial charge on any atom is -0.466 e. The number of hydrogen-bond acceptors (Lipinski definition) is 5. The van der Waals surface area contributed by atoms with Gasteiger partial charge in [-0.3, -0.25) is 9.36 Å². The normalized spacial score (nSPS) is 27.9. The summed E-state index contributed by atoms with van der Waals surface area (Å²) >= 11 is 0. The second-order valence-corrected chi connectivity index (χ2v) is 5.08. The summed E-state index contributed by atoms with van der Waals surface area (Å²) in [5.41, 5.74) is 0. The van der Waals surface area contributed by atoms with Gasteiger partial charge in [0.15, 0.2) is 0 Å². The smallest absolute Gasteiger partial charge is 0.335 e. The fourth-order valence-corrected chi connectivity index (χ4v) is 2.06. The van der Waals surface area contributed by atoms with Gasteiger partial charge in [-0.25, -0.2) is 0 Å². The van der Waals surface area contributed by atoms with Gasteiger partial charge >= 0.3 is 13.6 Å². The molecule has 1 aliphatic carbocycles. The Morgan fingerprint density at radius 1 is 1.67 bits per heavy atom. The molecule has 0 aromatic rings. The number of carbonyl (C=O) groups is 2. The molecule has 0 aromatic carbocycles. The molecule has 1 aliphatic rings. The molecule has 0 bridgehead atoms. The van der Waals surface area contributed by atoms with E-state index in [-0.39, 0.29) is 6.61 Å². The summed E-state index contributed by atoms with van der Waals surface area (Å²) in [6, 6.07) is 0. The molecule has 1 saturated carbocycles. The molecule has 15 heavy (non-hydrogen) atoms. The highest BCUT2D eigenvalue weighted by Crippen LogP contribution is 2.50. The second-order valence-electron chi connectivity index (χ2n) is 3.22. The number of ether oxygens (including phenoxy) is 1. The number of rotatable bonds is 6. The largest absolute Gasteiger partial charge is 0.466 e. The molecule has 0 heterocycles. The first-order chi connectivity index (χ1) is 7.00. The van der Waals surface area contributed by atoms with Crippen LogP contribution in [-0.2, 0) is 23.4 Å². The Balaban J connectivity index is 2.35. The van der Waals surface area contributed by atoms with Crippen LogP contribution in [0.3, 0.4) is 0 Å². The maximum Gasteiger partial charge on any atom is 0.335 e. The topological polar surface area (TPSA) is 89.9 Å². The summed E-state index contributed by atoms with van der Waals surface area (Å²) in [5, 5.41) is 0. The van der Waals surface area contributed by atoms with Gasteiger partial charge in [-0.15, -0.1) is 0 Å². The van der Waals surface area contributed by atoms with Crippen LogP contribution in [0.25, 0.3) is 0 Å². The molecular weight excluding hydrogens is 223 g/mol. The van der Waals surface area contributed by atoms with Gasteiger partial charge in [-0.2, -0.15) is 0 Å². The van der Waals surface area contributed by atoms with Crippen molar-refractivity contribution in [2.75, 3.05) is 12.8 Å². The molecule has 0 aromatic heterocycles. The van der Waals surface area contributed by atoms with Crippen LogP contribution in [-0.4, -0.2) is 36.0 Å². The lowest BCUT2D eigenvalue weighted by Crippen LogP contribution is -2.10. The molecule has 1 fully saturated rings. The molecule has 6 nitrogen and oxygen atoms in total. The molecule has 86 valence electrons. The van der Waals surface area contributed by atoms with Crippen molar-refractivity contribution in [3.05, 3.63) is 0 Å². The Labute approximate surface area is 87.1 Å². The zero-order valence-electron chi connectivity index (χ0n) is 8.29. The molecule has 3 atom stereocenters. The third-order valence-electron chi connectivity index (χ3n) is 1.93. The van der Waals surface area contributed by atoms with Crippen molar-refractivity contribution in [3.8, 4) is 0 Å².